The van der Waals surface area contributed by atoms with Crippen LogP contribution in [0, 0.1) is 6.92 Å². The first-order chi connectivity index (χ1) is 7.75. The second-order valence-corrected chi connectivity index (χ2v) is 3.51. The lowest BCUT2D eigenvalue weighted by Crippen LogP contribution is -1.73. The molecule has 0 saturated carbocycles. The average molecular weight is 212 g/mol. The summed E-state index contributed by atoms with van der Waals surface area (Å²) in [5, 5.41) is 17.5. The highest BCUT2D eigenvalue weighted by molar-refractivity contribution is 5.49. The summed E-state index contributed by atoms with van der Waals surface area (Å²) in [6.45, 7) is 1.89. The highest BCUT2D eigenvalue weighted by atomic mass is 16.3. The number of azo groups is 1. The van der Waals surface area contributed by atoms with Gasteiger partial charge in [0.25, 0.3) is 0 Å². The van der Waals surface area contributed by atoms with Crippen molar-refractivity contribution in [3.63, 3.8) is 0 Å². The van der Waals surface area contributed by atoms with Crippen LogP contribution < -0.4 is 0 Å². The molecule has 0 aliphatic rings. The van der Waals surface area contributed by atoms with Gasteiger partial charge in [0.1, 0.15) is 5.75 Å². The number of hydrogen-bond donors (Lipinski definition) is 1. The van der Waals surface area contributed by atoms with E-state index in [4.69, 9.17) is 0 Å². The predicted molar refractivity (Wildman–Crippen MR) is 63.5 cm³/mol. The molecule has 0 aliphatic heterocycles. The van der Waals surface area contributed by atoms with Gasteiger partial charge in [-0.25, -0.2) is 0 Å². The van der Waals surface area contributed by atoms with Crippen LogP contribution in [0.15, 0.2) is 58.8 Å². The van der Waals surface area contributed by atoms with Gasteiger partial charge in [-0.2, -0.15) is 10.2 Å². The predicted octanol–water partition coefficient (Wildman–Crippen LogP) is 4.12. The maximum absolute atomic E-state index is 9.25. The number of aromatic hydroxyl groups is 1. The number of nitrogens with zero attached hydrogens (tertiary/aromatic N) is 2. The van der Waals surface area contributed by atoms with E-state index in [2.05, 4.69) is 10.2 Å². The summed E-state index contributed by atoms with van der Waals surface area (Å²) in [6, 6.07) is 14.6. The molecular weight excluding hydrogens is 200 g/mol. The number of hydrogen-bond acceptors (Lipinski definition) is 3. The SMILES string of the molecule is Cc1cc(O)ccc1/N=N/c1ccccc1. The van der Waals surface area contributed by atoms with Gasteiger partial charge in [0, 0.05) is 0 Å². The summed E-state index contributed by atoms with van der Waals surface area (Å²) < 4.78 is 0. The van der Waals surface area contributed by atoms with Gasteiger partial charge in [-0.1, -0.05) is 18.2 Å². The molecule has 0 heterocycles. The standard InChI is InChI=1S/C13H12N2O/c1-10-9-12(16)7-8-13(10)15-14-11-5-3-2-4-6-11/h2-9,16H,1H3/b15-14+. The van der Waals surface area contributed by atoms with Crippen LogP contribution in [-0.4, -0.2) is 5.11 Å². The van der Waals surface area contributed by atoms with Crippen molar-refractivity contribution in [1.29, 1.82) is 0 Å². The Morgan fingerprint density at radius 1 is 0.938 bits per heavy atom. The summed E-state index contributed by atoms with van der Waals surface area (Å²) >= 11 is 0. The van der Waals surface area contributed by atoms with Gasteiger partial charge in [0.15, 0.2) is 0 Å². The van der Waals surface area contributed by atoms with Crippen LogP contribution in [0.5, 0.6) is 5.75 Å². The molecule has 0 fully saturated rings. The lowest BCUT2D eigenvalue weighted by molar-refractivity contribution is 0.475. The lowest BCUT2D eigenvalue weighted by Gasteiger charge is -1.99. The Morgan fingerprint density at radius 2 is 1.69 bits per heavy atom. The third-order valence-corrected chi connectivity index (χ3v) is 2.21. The lowest BCUT2D eigenvalue weighted by atomic mass is 10.2. The largest absolute Gasteiger partial charge is 0.508 e. The minimum atomic E-state index is 0.246. The van der Waals surface area contributed by atoms with Gasteiger partial charge in [-0.05, 0) is 42.8 Å². The van der Waals surface area contributed by atoms with E-state index in [1.165, 1.54) is 0 Å². The van der Waals surface area contributed by atoms with Crippen molar-refractivity contribution in [2.45, 2.75) is 6.92 Å². The summed E-state index contributed by atoms with van der Waals surface area (Å²) in [4.78, 5) is 0. The first kappa shape index (κ1) is 10.4. The van der Waals surface area contributed by atoms with Gasteiger partial charge in [-0.15, -0.1) is 0 Å². The molecule has 0 bridgehead atoms. The molecular formula is C13H12N2O. The molecule has 0 aromatic heterocycles. The quantitative estimate of drug-likeness (QED) is 0.748. The zero-order valence-electron chi connectivity index (χ0n) is 8.96. The molecule has 1 N–H and O–H groups in total. The van der Waals surface area contributed by atoms with Gasteiger partial charge in [-0.3, -0.25) is 0 Å². The van der Waals surface area contributed by atoms with Gasteiger partial charge < -0.3 is 5.11 Å². The smallest absolute Gasteiger partial charge is 0.115 e. The molecule has 0 atom stereocenters. The molecule has 2 rings (SSSR count). The van der Waals surface area contributed by atoms with Crippen LogP contribution in [0.1, 0.15) is 5.56 Å². The second kappa shape index (κ2) is 4.57. The van der Waals surface area contributed by atoms with E-state index in [1.54, 1.807) is 18.2 Å². The molecule has 2 aromatic carbocycles. The fraction of sp³-hybridized carbons (Fsp3) is 0.0769. The Bertz CT molecular complexity index is 507. The van der Waals surface area contributed by atoms with Crippen molar-refractivity contribution in [2.75, 3.05) is 0 Å². The molecule has 16 heavy (non-hydrogen) atoms. The highest BCUT2D eigenvalue weighted by Crippen LogP contribution is 2.24. The van der Waals surface area contributed by atoms with Gasteiger partial charge >= 0.3 is 0 Å². The van der Waals surface area contributed by atoms with Crippen LogP contribution in [-0.2, 0) is 0 Å². The summed E-state index contributed by atoms with van der Waals surface area (Å²) in [5.74, 6) is 0.246. The zero-order valence-corrected chi connectivity index (χ0v) is 8.96. The molecule has 2 aromatic rings. The molecule has 80 valence electrons. The normalized spacial score (nSPS) is 10.8. The Morgan fingerprint density at radius 3 is 2.38 bits per heavy atom. The van der Waals surface area contributed by atoms with E-state index in [0.29, 0.717) is 0 Å². The first-order valence-corrected chi connectivity index (χ1v) is 5.02. The monoisotopic (exact) mass is 212 g/mol. The molecule has 3 heteroatoms. The topological polar surface area (TPSA) is 45.0 Å². The van der Waals surface area contributed by atoms with Crippen LogP contribution in [0.25, 0.3) is 0 Å². The Kier molecular flexibility index (Phi) is 2.96. The van der Waals surface area contributed by atoms with E-state index in [9.17, 15) is 5.11 Å². The Hall–Kier alpha value is -2.16. The molecule has 0 spiro atoms. The maximum atomic E-state index is 9.25. The summed E-state index contributed by atoms with van der Waals surface area (Å²) in [7, 11) is 0. The van der Waals surface area contributed by atoms with E-state index >= 15 is 0 Å². The minimum Gasteiger partial charge on any atom is -0.508 e. The highest BCUT2D eigenvalue weighted by Gasteiger charge is 1.97. The van der Waals surface area contributed by atoms with E-state index in [1.807, 2.05) is 37.3 Å². The third kappa shape index (κ3) is 2.45. The molecule has 3 nitrogen and oxygen atoms in total. The second-order valence-electron chi connectivity index (χ2n) is 3.51. The minimum absolute atomic E-state index is 0.246. The molecule has 0 amide bonds. The van der Waals surface area contributed by atoms with Crippen molar-refractivity contribution < 1.29 is 5.11 Å². The zero-order chi connectivity index (χ0) is 11.4. The number of aryl methyl sites for hydroxylation is 1. The van der Waals surface area contributed by atoms with Crippen molar-refractivity contribution in [2.24, 2.45) is 10.2 Å². The summed E-state index contributed by atoms with van der Waals surface area (Å²) in [5.41, 5.74) is 2.48. The van der Waals surface area contributed by atoms with Crippen LogP contribution in [0.2, 0.25) is 0 Å². The van der Waals surface area contributed by atoms with Crippen molar-refractivity contribution in [3.05, 3.63) is 54.1 Å². The maximum Gasteiger partial charge on any atom is 0.115 e. The van der Waals surface area contributed by atoms with Crippen molar-refractivity contribution in [1.82, 2.24) is 0 Å². The fourth-order valence-electron chi connectivity index (χ4n) is 1.36. The summed E-state index contributed by atoms with van der Waals surface area (Å²) in [6.07, 6.45) is 0. The van der Waals surface area contributed by atoms with Crippen LogP contribution in [0.4, 0.5) is 11.4 Å². The molecule has 0 saturated heterocycles. The number of phenolic OH excluding ortho intramolecular Hbond substituents is 1. The Balaban J connectivity index is 2.24. The molecule has 0 unspecified atom stereocenters. The number of rotatable bonds is 2. The van der Waals surface area contributed by atoms with E-state index in [0.717, 1.165) is 16.9 Å². The molecule has 0 aliphatic carbocycles. The Labute approximate surface area is 94.1 Å². The first-order valence-electron chi connectivity index (χ1n) is 5.02. The average Bonchev–Trinajstić information content (AvgIpc) is 2.29. The van der Waals surface area contributed by atoms with E-state index in [-0.39, 0.29) is 5.75 Å². The van der Waals surface area contributed by atoms with Crippen LogP contribution >= 0.6 is 0 Å². The van der Waals surface area contributed by atoms with E-state index < -0.39 is 0 Å². The van der Waals surface area contributed by atoms with Gasteiger partial charge in [0.05, 0.1) is 11.4 Å². The van der Waals surface area contributed by atoms with Gasteiger partial charge in [0.2, 0.25) is 0 Å². The number of phenols is 1. The third-order valence-electron chi connectivity index (χ3n) is 2.21. The van der Waals surface area contributed by atoms with Crippen molar-refractivity contribution >= 4 is 11.4 Å². The fourth-order valence-corrected chi connectivity index (χ4v) is 1.36. The number of benzene rings is 2. The van der Waals surface area contributed by atoms with Crippen molar-refractivity contribution in [3.8, 4) is 5.75 Å². The molecule has 0 radical (unpaired) electrons. The van der Waals surface area contributed by atoms with Crippen LogP contribution in [0.3, 0.4) is 0 Å².